The van der Waals surface area contributed by atoms with Gasteiger partial charge >= 0.3 is 5.97 Å². The first-order chi connectivity index (χ1) is 13.9. The number of carbonyl (C=O) groups is 5. The van der Waals surface area contributed by atoms with E-state index in [-0.39, 0.29) is 12.6 Å². The van der Waals surface area contributed by atoms with E-state index in [1.54, 1.807) is 0 Å². The zero-order valence-corrected chi connectivity index (χ0v) is 16.2. The van der Waals surface area contributed by atoms with Gasteiger partial charge < -0.3 is 56.2 Å². The van der Waals surface area contributed by atoms with Gasteiger partial charge in [-0.05, 0) is 0 Å². The van der Waals surface area contributed by atoms with Crippen LogP contribution >= 0.6 is 0 Å². The van der Waals surface area contributed by atoms with E-state index in [9.17, 15) is 44.4 Å². The summed E-state index contributed by atoms with van der Waals surface area (Å²) < 4.78 is 4.71. The van der Waals surface area contributed by atoms with Gasteiger partial charge in [-0.2, -0.15) is 0 Å². The lowest BCUT2D eigenvalue weighted by molar-refractivity contribution is -0.179. The van der Waals surface area contributed by atoms with E-state index in [4.69, 9.17) is 15.6 Å². The summed E-state index contributed by atoms with van der Waals surface area (Å²) in [6, 6.07) is -4.89. The van der Waals surface area contributed by atoms with Crippen molar-refractivity contribution in [2.24, 2.45) is 5.73 Å². The third-order valence-corrected chi connectivity index (χ3v) is 3.91. The lowest BCUT2D eigenvalue weighted by Gasteiger charge is -2.32. The number of hydrogen-bond acceptors (Lipinski definition) is 12. The van der Waals surface area contributed by atoms with Gasteiger partial charge in [0.15, 0.2) is 12.2 Å². The number of esters is 1. The van der Waals surface area contributed by atoms with Crippen LogP contribution in [-0.2, 0) is 28.7 Å². The summed E-state index contributed by atoms with van der Waals surface area (Å²) in [7, 11) is 0. The lowest BCUT2D eigenvalue weighted by Crippen LogP contribution is -2.62. The Hall–Kier alpha value is -2.49. The SMILES string of the molecule is CC(=O)N[C@@H]([C@H](O)[C@H](O)C(=O)O[C@@H]([C@H](O)[C@H](O)CO)[C@@H](N)C=O)[C@@H](C=O)NC(C)=O. The average molecular weight is 437 g/mol. The van der Waals surface area contributed by atoms with E-state index in [0.29, 0.717) is 0 Å². The summed E-state index contributed by atoms with van der Waals surface area (Å²) in [6.07, 6.45) is -10.2. The Labute approximate surface area is 171 Å². The molecule has 0 fully saturated rings. The van der Waals surface area contributed by atoms with Crippen molar-refractivity contribution in [3.8, 4) is 0 Å². The van der Waals surface area contributed by atoms with E-state index in [1.165, 1.54) is 0 Å². The number of carbonyl (C=O) groups excluding carboxylic acids is 5. The van der Waals surface area contributed by atoms with Crippen LogP contribution in [-0.4, -0.2) is 111 Å². The van der Waals surface area contributed by atoms with E-state index < -0.39 is 73.0 Å². The van der Waals surface area contributed by atoms with Gasteiger partial charge in [0.05, 0.1) is 12.6 Å². The van der Waals surface area contributed by atoms with Crippen molar-refractivity contribution >= 4 is 30.4 Å². The van der Waals surface area contributed by atoms with Crippen molar-refractivity contribution in [3.05, 3.63) is 0 Å². The van der Waals surface area contributed by atoms with Crippen molar-refractivity contribution in [3.63, 3.8) is 0 Å². The summed E-state index contributed by atoms with van der Waals surface area (Å²) >= 11 is 0. The molecule has 9 N–H and O–H groups in total. The van der Waals surface area contributed by atoms with Crippen molar-refractivity contribution < 1.29 is 54.2 Å². The Balaban J connectivity index is 5.61. The van der Waals surface area contributed by atoms with Crippen molar-refractivity contribution in [2.45, 2.75) is 62.5 Å². The minimum atomic E-state index is -2.45. The van der Waals surface area contributed by atoms with Crippen molar-refractivity contribution in [1.82, 2.24) is 10.6 Å². The fourth-order valence-corrected chi connectivity index (χ4v) is 2.39. The van der Waals surface area contributed by atoms with Gasteiger partial charge in [-0.1, -0.05) is 0 Å². The molecule has 30 heavy (non-hydrogen) atoms. The Bertz CT molecular complexity index is 617. The molecule has 0 aromatic heterocycles. The summed E-state index contributed by atoms with van der Waals surface area (Å²) in [4.78, 5) is 56.9. The Morgan fingerprint density at radius 2 is 1.50 bits per heavy atom. The molecule has 0 heterocycles. The first-order valence-electron chi connectivity index (χ1n) is 8.65. The molecular formula is C16H27N3O11. The van der Waals surface area contributed by atoms with Gasteiger partial charge in [0, 0.05) is 13.8 Å². The predicted octanol–water partition coefficient (Wildman–Crippen LogP) is -5.93. The highest BCUT2D eigenvalue weighted by atomic mass is 16.6. The zero-order chi connectivity index (χ0) is 23.6. The molecule has 0 saturated heterocycles. The lowest BCUT2D eigenvalue weighted by atomic mass is 9.97. The molecule has 14 nitrogen and oxygen atoms in total. The number of aliphatic hydroxyl groups excluding tert-OH is 5. The highest BCUT2D eigenvalue weighted by molar-refractivity contribution is 5.80. The highest BCUT2D eigenvalue weighted by Crippen LogP contribution is 2.12. The molecule has 0 aliphatic carbocycles. The normalized spacial score (nSPS) is 19.1. The topological polar surface area (TPSA) is 246 Å². The number of amides is 2. The molecule has 0 saturated carbocycles. The standard InChI is InChI=1S/C16H27N3O11/c1-6(23)18-9(4-21)11(19-7(2)24)13(27)14(28)16(29)30-15(8(17)3-20)12(26)10(25)5-22/h3-4,8-15,22,25-28H,5,17H2,1-2H3,(H,18,23)(H,19,24)/t8-,9+,10+,11+,12+,13-,14-,15+/m0/s1. The maximum absolute atomic E-state index is 12.2. The van der Waals surface area contributed by atoms with Crippen LogP contribution in [0, 0.1) is 0 Å². The van der Waals surface area contributed by atoms with Crippen molar-refractivity contribution in [2.75, 3.05) is 6.61 Å². The molecule has 8 atom stereocenters. The number of hydrogen-bond donors (Lipinski definition) is 8. The minimum absolute atomic E-state index is 0.0629. The van der Waals surface area contributed by atoms with E-state index >= 15 is 0 Å². The maximum Gasteiger partial charge on any atom is 0.338 e. The molecule has 0 spiro atoms. The highest BCUT2D eigenvalue weighted by Gasteiger charge is 2.41. The summed E-state index contributed by atoms with van der Waals surface area (Å²) in [5.74, 6) is -3.14. The molecule has 0 bridgehead atoms. The van der Waals surface area contributed by atoms with Gasteiger partial charge in [0.1, 0.15) is 43.0 Å². The number of aliphatic hydroxyl groups is 5. The molecule has 0 radical (unpaired) electrons. The number of ether oxygens (including phenoxy) is 1. The molecular weight excluding hydrogens is 410 g/mol. The number of rotatable bonds is 13. The quantitative estimate of drug-likeness (QED) is 0.0991. The predicted molar refractivity (Wildman–Crippen MR) is 96.3 cm³/mol. The molecule has 2 amide bonds. The Morgan fingerprint density at radius 3 is 1.90 bits per heavy atom. The van der Waals surface area contributed by atoms with Crippen LogP contribution in [0.15, 0.2) is 0 Å². The molecule has 0 unspecified atom stereocenters. The molecule has 0 aromatic rings. The van der Waals surface area contributed by atoms with E-state index in [0.717, 1.165) is 13.8 Å². The minimum Gasteiger partial charge on any atom is -0.455 e. The Morgan fingerprint density at radius 1 is 0.967 bits per heavy atom. The van der Waals surface area contributed by atoms with E-state index in [1.807, 2.05) is 0 Å². The summed E-state index contributed by atoms with van der Waals surface area (Å²) in [6.45, 7) is 1.07. The number of nitrogens with two attached hydrogens (primary N) is 1. The van der Waals surface area contributed by atoms with Crippen LogP contribution in [0.4, 0.5) is 0 Å². The first-order valence-corrected chi connectivity index (χ1v) is 8.65. The van der Waals surface area contributed by atoms with Crippen LogP contribution < -0.4 is 16.4 Å². The van der Waals surface area contributed by atoms with Crippen LogP contribution in [0.1, 0.15) is 13.8 Å². The second-order valence-electron chi connectivity index (χ2n) is 6.38. The number of aldehydes is 2. The van der Waals surface area contributed by atoms with Gasteiger partial charge in [-0.25, -0.2) is 4.79 Å². The van der Waals surface area contributed by atoms with E-state index in [2.05, 4.69) is 10.6 Å². The van der Waals surface area contributed by atoms with Gasteiger partial charge in [-0.3, -0.25) is 9.59 Å². The molecule has 172 valence electrons. The number of nitrogens with one attached hydrogen (secondary N) is 2. The van der Waals surface area contributed by atoms with Gasteiger partial charge in [0.2, 0.25) is 11.8 Å². The van der Waals surface area contributed by atoms with Crippen molar-refractivity contribution in [1.29, 1.82) is 0 Å². The fraction of sp³-hybridized carbons (Fsp3) is 0.688. The molecule has 0 aromatic carbocycles. The van der Waals surface area contributed by atoms with Gasteiger partial charge in [0.25, 0.3) is 0 Å². The summed E-state index contributed by atoms with van der Waals surface area (Å²) in [5.41, 5.74) is 5.39. The zero-order valence-electron chi connectivity index (χ0n) is 16.2. The largest absolute Gasteiger partial charge is 0.455 e. The average Bonchev–Trinajstić information content (AvgIpc) is 2.70. The third kappa shape index (κ3) is 8.10. The fourth-order valence-electron chi connectivity index (χ4n) is 2.39. The second kappa shape index (κ2) is 12.9. The third-order valence-electron chi connectivity index (χ3n) is 3.91. The van der Waals surface area contributed by atoms with Crippen LogP contribution in [0.2, 0.25) is 0 Å². The monoisotopic (exact) mass is 437 g/mol. The summed E-state index contributed by atoms with van der Waals surface area (Å²) in [5, 5.41) is 52.8. The second-order valence-corrected chi connectivity index (χ2v) is 6.38. The van der Waals surface area contributed by atoms with Crippen LogP contribution in [0.3, 0.4) is 0 Å². The molecule has 14 heteroatoms. The maximum atomic E-state index is 12.2. The van der Waals surface area contributed by atoms with Gasteiger partial charge in [-0.15, -0.1) is 0 Å². The molecule has 0 aliphatic heterocycles. The van der Waals surface area contributed by atoms with Crippen LogP contribution in [0.25, 0.3) is 0 Å². The first kappa shape index (κ1) is 27.5. The smallest absolute Gasteiger partial charge is 0.338 e. The molecule has 0 rings (SSSR count). The molecule has 0 aliphatic rings. The Kier molecular flexibility index (Phi) is 11.9. The van der Waals surface area contributed by atoms with Crippen LogP contribution in [0.5, 0.6) is 0 Å².